The molecule has 0 bridgehead atoms. The first-order chi connectivity index (χ1) is 19.5. The lowest BCUT2D eigenvalue weighted by Crippen LogP contribution is -2.42. The molecule has 0 saturated carbocycles. The van der Waals surface area contributed by atoms with Gasteiger partial charge < -0.3 is 10.2 Å². The minimum absolute atomic E-state index is 0.150. The van der Waals surface area contributed by atoms with Gasteiger partial charge in [-0.15, -0.1) is 0 Å². The van der Waals surface area contributed by atoms with Crippen LogP contribution >= 0.6 is 0 Å². The van der Waals surface area contributed by atoms with Gasteiger partial charge in [-0.25, -0.2) is 9.78 Å². The van der Waals surface area contributed by atoms with Crippen LogP contribution in [0.3, 0.4) is 0 Å². The number of amides is 2. The molecule has 0 saturated heterocycles. The maximum Gasteiger partial charge on any atom is 0.322 e. The van der Waals surface area contributed by atoms with Crippen molar-refractivity contribution in [1.82, 2.24) is 14.5 Å². The highest BCUT2D eigenvalue weighted by Crippen LogP contribution is 2.28. The topological polar surface area (TPSA) is 67.2 Å². The molecular formula is C34H34N4O2. The summed E-state index contributed by atoms with van der Waals surface area (Å²) in [6, 6.07) is 32.4. The molecule has 1 unspecified atom stereocenters. The van der Waals surface area contributed by atoms with Crippen LogP contribution in [0.15, 0.2) is 108 Å². The van der Waals surface area contributed by atoms with E-state index < -0.39 is 6.04 Å². The first-order valence-corrected chi connectivity index (χ1v) is 13.7. The third-order valence-electron chi connectivity index (χ3n) is 7.34. The molecule has 0 radical (unpaired) electrons. The highest BCUT2D eigenvalue weighted by atomic mass is 16.2. The number of fused-ring (bicyclic) bond motifs is 1. The Morgan fingerprint density at radius 1 is 0.850 bits per heavy atom. The van der Waals surface area contributed by atoms with E-state index in [0.29, 0.717) is 36.1 Å². The Hall–Kier alpha value is -4.71. The van der Waals surface area contributed by atoms with Crippen LogP contribution in [0.25, 0.3) is 16.6 Å². The Morgan fingerprint density at radius 2 is 1.48 bits per heavy atom. The van der Waals surface area contributed by atoms with Crippen LogP contribution in [-0.2, 0) is 6.42 Å². The van der Waals surface area contributed by atoms with E-state index in [0.717, 1.165) is 28.1 Å². The number of nitrogens with one attached hydrogen (secondary N) is 1. The van der Waals surface area contributed by atoms with E-state index in [-0.39, 0.29) is 11.6 Å². The van der Waals surface area contributed by atoms with Crippen LogP contribution in [0.4, 0.5) is 10.5 Å². The number of urea groups is 1. The first kappa shape index (κ1) is 26.9. The molecule has 0 aliphatic heterocycles. The van der Waals surface area contributed by atoms with Gasteiger partial charge in [0.15, 0.2) is 0 Å². The quantitative estimate of drug-likeness (QED) is 0.230. The third-order valence-corrected chi connectivity index (χ3v) is 7.34. The van der Waals surface area contributed by atoms with Crippen LogP contribution in [0.1, 0.15) is 41.9 Å². The third kappa shape index (κ3) is 5.52. The number of aryl methyl sites for hydroxylation is 2. The van der Waals surface area contributed by atoms with Crippen LogP contribution in [0.2, 0.25) is 0 Å². The molecule has 6 heteroatoms. The van der Waals surface area contributed by atoms with Crippen LogP contribution in [0, 0.1) is 13.8 Å². The molecule has 0 aliphatic rings. The van der Waals surface area contributed by atoms with Gasteiger partial charge in [-0.3, -0.25) is 9.36 Å². The van der Waals surface area contributed by atoms with E-state index in [9.17, 15) is 9.59 Å². The summed E-state index contributed by atoms with van der Waals surface area (Å²) in [7, 11) is 0. The molecule has 1 N–H and O–H groups in total. The van der Waals surface area contributed by atoms with Crippen molar-refractivity contribution in [1.29, 1.82) is 0 Å². The largest absolute Gasteiger partial charge is 0.322 e. The number of carbonyl (C=O) groups is 1. The van der Waals surface area contributed by atoms with Gasteiger partial charge in [0, 0.05) is 12.2 Å². The predicted octanol–water partition coefficient (Wildman–Crippen LogP) is 7.23. The van der Waals surface area contributed by atoms with Gasteiger partial charge in [0.2, 0.25) is 0 Å². The van der Waals surface area contributed by atoms with Crippen LogP contribution < -0.4 is 10.9 Å². The highest BCUT2D eigenvalue weighted by molar-refractivity contribution is 5.91. The number of aromatic nitrogens is 2. The van der Waals surface area contributed by atoms with E-state index in [1.807, 2.05) is 111 Å². The molecule has 202 valence electrons. The summed E-state index contributed by atoms with van der Waals surface area (Å²) in [4.78, 5) is 34.9. The second-order valence-corrected chi connectivity index (χ2v) is 10.0. The second kappa shape index (κ2) is 12.0. The Balaban J connectivity index is 1.64. The van der Waals surface area contributed by atoms with Gasteiger partial charge in [-0.2, -0.15) is 0 Å². The van der Waals surface area contributed by atoms with Gasteiger partial charge in [0.1, 0.15) is 5.82 Å². The molecular weight excluding hydrogens is 496 g/mol. The van der Waals surface area contributed by atoms with Crippen molar-refractivity contribution in [3.63, 3.8) is 0 Å². The minimum Gasteiger partial charge on any atom is -0.314 e. The molecule has 1 aromatic heterocycles. The molecule has 2 amide bonds. The molecule has 1 heterocycles. The zero-order chi connectivity index (χ0) is 28.1. The summed E-state index contributed by atoms with van der Waals surface area (Å²) in [6.07, 6.45) is 1.24. The molecule has 0 spiro atoms. The summed E-state index contributed by atoms with van der Waals surface area (Å²) in [5.41, 5.74) is 5.11. The summed E-state index contributed by atoms with van der Waals surface area (Å²) >= 11 is 0. The first-order valence-electron chi connectivity index (χ1n) is 13.7. The molecule has 0 fully saturated rings. The SMILES string of the molecule is CCC(c1nc2ccccc2c(=O)n1-c1ccccc1)N(CCc1ccccc1)C(=O)Nc1c(C)cccc1C. The average Bonchev–Trinajstić information content (AvgIpc) is 2.98. The molecule has 5 aromatic rings. The van der Waals surface area contributed by atoms with E-state index in [4.69, 9.17) is 4.98 Å². The lowest BCUT2D eigenvalue weighted by Gasteiger charge is -2.33. The zero-order valence-electron chi connectivity index (χ0n) is 23.2. The Bertz CT molecular complexity index is 1660. The standard InChI is InChI=1S/C34H34N4O2/c1-4-30(32-35-29-21-12-11-20-28(29)33(39)38(32)27-18-9-6-10-19-27)37(23-22-26-16-7-5-8-17-26)34(40)36-31-24(2)14-13-15-25(31)3/h5-21,30H,4,22-23H2,1-3H3,(H,36,40). The van der Waals surface area contributed by atoms with Crippen LogP contribution in [0.5, 0.6) is 0 Å². The van der Waals surface area contributed by atoms with Crippen molar-refractivity contribution in [3.05, 3.63) is 136 Å². The predicted molar refractivity (Wildman–Crippen MR) is 162 cm³/mol. The fraction of sp³-hybridized carbons (Fsp3) is 0.206. The van der Waals surface area contributed by atoms with Crippen molar-refractivity contribution in [2.24, 2.45) is 0 Å². The average molecular weight is 531 g/mol. The highest BCUT2D eigenvalue weighted by Gasteiger charge is 2.29. The lowest BCUT2D eigenvalue weighted by atomic mass is 10.1. The molecule has 4 aromatic carbocycles. The summed E-state index contributed by atoms with van der Waals surface area (Å²) < 4.78 is 1.66. The number of anilines is 1. The number of carbonyl (C=O) groups excluding carboxylic acids is 1. The van der Waals surface area contributed by atoms with Gasteiger partial charge in [-0.05, 0) is 67.6 Å². The monoisotopic (exact) mass is 530 g/mol. The van der Waals surface area contributed by atoms with Crippen molar-refractivity contribution >= 4 is 22.6 Å². The van der Waals surface area contributed by atoms with Crippen molar-refractivity contribution in [2.75, 3.05) is 11.9 Å². The molecule has 5 rings (SSSR count). The van der Waals surface area contributed by atoms with Crippen molar-refractivity contribution in [3.8, 4) is 5.69 Å². The van der Waals surface area contributed by atoms with E-state index in [1.165, 1.54) is 0 Å². The Morgan fingerprint density at radius 3 is 2.15 bits per heavy atom. The van der Waals surface area contributed by atoms with Crippen molar-refractivity contribution < 1.29 is 4.79 Å². The fourth-order valence-electron chi connectivity index (χ4n) is 5.23. The number of hydrogen-bond acceptors (Lipinski definition) is 3. The summed E-state index contributed by atoms with van der Waals surface area (Å²) in [5.74, 6) is 0.544. The lowest BCUT2D eigenvalue weighted by molar-refractivity contribution is 0.182. The van der Waals surface area contributed by atoms with Gasteiger partial charge in [0.05, 0.1) is 22.6 Å². The smallest absolute Gasteiger partial charge is 0.314 e. The summed E-state index contributed by atoms with van der Waals surface area (Å²) in [6.45, 7) is 6.47. The second-order valence-electron chi connectivity index (χ2n) is 10.0. The van der Waals surface area contributed by atoms with Crippen LogP contribution in [-0.4, -0.2) is 27.0 Å². The van der Waals surface area contributed by atoms with Crippen molar-refractivity contribution in [2.45, 2.75) is 39.7 Å². The maximum absolute atomic E-state index is 14.1. The van der Waals surface area contributed by atoms with Gasteiger partial charge in [-0.1, -0.05) is 85.8 Å². The molecule has 40 heavy (non-hydrogen) atoms. The maximum atomic E-state index is 14.1. The zero-order valence-corrected chi connectivity index (χ0v) is 23.2. The van der Waals surface area contributed by atoms with E-state index >= 15 is 0 Å². The normalized spacial score (nSPS) is 11.8. The minimum atomic E-state index is -0.453. The number of benzene rings is 4. The number of para-hydroxylation sites is 3. The number of nitrogens with zero attached hydrogens (tertiary/aromatic N) is 3. The molecule has 0 aliphatic carbocycles. The summed E-state index contributed by atoms with van der Waals surface area (Å²) in [5, 5.41) is 3.72. The Labute approximate surface area is 234 Å². The number of rotatable bonds is 8. The van der Waals surface area contributed by atoms with E-state index in [2.05, 4.69) is 17.4 Å². The molecule has 1 atom stereocenters. The number of hydrogen-bond donors (Lipinski definition) is 1. The van der Waals surface area contributed by atoms with Gasteiger partial charge in [0.25, 0.3) is 5.56 Å². The van der Waals surface area contributed by atoms with E-state index in [1.54, 1.807) is 10.6 Å². The molecule has 6 nitrogen and oxygen atoms in total. The van der Waals surface area contributed by atoms with Gasteiger partial charge >= 0.3 is 6.03 Å². The fourth-order valence-corrected chi connectivity index (χ4v) is 5.23. The Kier molecular flexibility index (Phi) is 8.06.